The first kappa shape index (κ1) is 15.2. The van der Waals surface area contributed by atoms with E-state index in [1.807, 2.05) is 41.8 Å². The Hall–Kier alpha value is -2.67. The molecule has 3 rings (SSSR count). The lowest BCUT2D eigenvalue weighted by molar-refractivity contribution is -0.120. The molecule has 0 unspecified atom stereocenters. The molecular weight excluding hydrogens is 314 g/mol. The molecule has 0 radical (unpaired) electrons. The van der Waals surface area contributed by atoms with Crippen molar-refractivity contribution in [1.82, 2.24) is 15.5 Å². The molecule has 118 valence electrons. The van der Waals surface area contributed by atoms with Gasteiger partial charge < -0.3 is 14.5 Å². The minimum Gasteiger partial charge on any atom is -0.496 e. The van der Waals surface area contributed by atoms with Crippen molar-refractivity contribution in [1.29, 1.82) is 0 Å². The normalized spacial score (nSPS) is 10.5. The van der Waals surface area contributed by atoms with Crippen molar-refractivity contribution in [3.8, 4) is 17.2 Å². The average Bonchev–Trinajstić information content (AvgIpc) is 3.24. The number of ether oxygens (including phenoxy) is 1. The van der Waals surface area contributed by atoms with Crippen molar-refractivity contribution in [2.45, 2.75) is 13.0 Å². The number of hydrogen-bond acceptors (Lipinski definition) is 6. The number of benzene rings is 1. The second kappa shape index (κ2) is 7.06. The van der Waals surface area contributed by atoms with Crippen LogP contribution in [0, 0.1) is 0 Å². The highest BCUT2D eigenvalue weighted by atomic mass is 32.1. The summed E-state index contributed by atoms with van der Waals surface area (Å²) in [6.07, 6.45) is 0.352. The Balaban J connectivity index is 1.62. The van der Waals surface area contributed by atoms with Gasteiger partial charge >= 0.3 is 0 Å². The fourth-order valence-electron chi connectivity index (χ4n) is 2.06. The lowest BCUT2D eigenvalue weighted by Gasteiger charge is -2.03. The third-order valence-corrected chi connectivity index (χ3v) is 4.03. The van der Waals surface area contributed by atoms with E-state index in [1.54, 1.807) is 18.4 Å². The number of thiophene rings is 1. The van der Waals surface area contributed by atoms with Gasteiger partial charge in [-0.15, -0.1) is 21.5 Å². The lowest BCUT2D eigenvalue weighted by Crippen LogP contribution is -2.24. The van der Waals surface area contributed by atoms with E-state index in [1.165, 1.54) is 0 Å². The number of methoxy groups -OCH3 is 1. The molecule has 23 heavy (non-hydrogen) atoms. The topological polar surface area (TPSA) is 77.3 Å². The fraction of sp³-hybridized carbons (Fsp3) is 0.188. The number of rotatable bonds is 6. The maximum absolute atomic E-state index is 11.8. The largest absolute Gasteiger partial charge is 0.496 e. The maximum Gasteiger partial charge on any atom is 0.251 e. The summed E-state index contributed by atoms with van der Waals surface area (Å²) in [5, 5.41) is 12.7. The van der Waals surface area contributed by atoms with Crippen LogP contribution in [-0.4, -0.2) is 23.2 Å². The summed E-state index contributed by atoms with van der Waals surface area (Å²) in [6.45, 7) is 0.201. The van der Waals surface area contributed by atoms with Crippen LogP contribution in [0.4, 0.5) is 0 Å². The highest BCUT2D eigenvalue weighted by Crippen LogP contribution is 2.28. The Morgan fingerprint density at radius 1 is 1.26 bits per heavy atom. The van der Waals surface area contributed by atoms with Crippen molar-refractivity contribution < 1.29 is 13.9 Å². The Labute approximate surface area is 137 Å². The van der Waals surface area contributed by atoms with Crippen LogP contribution in [0.15, 0.2) is 46.2 Å². The molecule has 6 nitrogen and oxygen atoms in total. The predicted octanol–water partition coefficient (Wildman–Crippen LogP) is 2.67. The summed E-state index contributed by atoms with van der Waals surface area (Å²) >= 11 is 1.55. The van der Waals surface area contributed by atoms with E-state index in [0.29, 0.717) is 24.0 Å². The molecule has 0 atom stereocenters. The van der Waals surface area contributed by atoms with E-state index < -0.39 is 0 Å². The molecular formula is C16H15N3O3S. The molecule has 7 heteroatoms. The predicted molar refractivity (Wildman–Crippen MR) is 86.2 cm³/mol. The molecule has 0 fully saturated rings. The van der Waals surface area contributed by atoms with Gasteiger partial charge in [0.2, 0.25) is 11.8 Å². The summed E-state index contributed by atoms with van der Waals surface area (Å²) in [5.41, 5.74) is 0.721. The van der Waals surface area contributed by atoms with Gasteiger partial charge in [0, 0.05) is 4.88 Å². The zero-order valence-electron chi connectivity index (χ0n) is 12.5. The van der Waals surface area contributed by atoms with Crippen LogP contribution >= 0.6 is 11.3 Å². The summed E-state index contributed by atoms with van der Waals surface area (Å²) in [4.78, 5) is 12.9. The van der Waals surface area contributed by atoms with Crippen molar-refractivity contribution >= 4 is 17.2 Å². The minimum atomic E-state index is -0.0792. The van der Waals surface area contributed by atoms with Crippen LogP contribution in [0.3, 0.4) is 0 Å². The van der Waals surface area contributed by atoms with Gasteiger partial charge in [0.1, 0.15) is 5.75 Å². The van der Waals surface area contributed by atoms with E-state index in [0.717, 1.165) is 10.4 Å². The van der Waals surface area contributed by atoms with Crippen molar-refractivity contribution in [3.05, 3.63) is 52.5 Å². The van der Waals surface area contributed by atoms with Crippen LogP contribution < -0.4 is 10.1 Å². The van der Waals surface area contributed by atoms with E-state index in [9.17, 15) is 4.79 Å². The number of carbonyl (C=O) groups is 1. The molecule has 0 saturated carbocycles. The summed E-state index contributed by atoms with van der Waals surface area (Å²) < 4.78 is 10.9. The van der Waals surface area contributed by atoms with Crippen LogP contribution in [0.1, 0.15) is 10.8 Å². The van der Waals surface area contributed by atoms with Gasteiger partial charge in [0.05, 0.1) is 25.6 Å². The summed E-state index contributed by atoms with van der Waals surface area (Å²) in [7, 11) is 1.58. The Morgan fingerprint density at radius 3 is 2.91 bits per heavy atom. The fourth-order valence-corrected chi connectivity index (χ4v) is 2.77. The number of aromatic nitrogens is 2. The van der Waals surface area contributed by atoms with Gasteiger partial charge in [-0.25, -0.2) is 0 Å². The molecule has 0 aliphatic heterocycles. The molecule has 0 saturated heterocycles. The van der Waals surface area contributed by atoms with Gasteiger partial charge in [-0.1, -0.05) is 18.2 Å². The molecule has 0 aliphatic rings. The van der Waals surface area contributed by atoms with Crippen LogP contribution in [-0.2, 0) is 17.8 Å². The van der Waals surface area contributed by atoms with Gasteiger partial charge in [-0.05, 0) is 23.6 Å². The monoisotopic (exact) mass is 329 g/mol. The second-order valence-corrected chi connectivity index (χ2v) is 5.77. The Kier molecular flexibility index (Phi) is 4.68. The first-order chi connectivity index (χ1) is 11.3. The number of nitrogens with zero attached hydrogens (tertiary/aromatic N) is 2. The third-order valence-electron chi connectivity index (χ3n) is 3.16. The number of nitrogens with one attached hydrogen (secondary N) is 1. The molecule has 1 aromatic carbocycles. The SMILES string of the molecule is COc1ccccc1-c1nnc(CNC(=O)Cc2cccs2)o1. The molecule has 0 bridgehead atoms. The van der Waals surface area contributed by atoms with Gasteiger partial charge in [-0.3, -0.25) is 4.79 Å². The molecule has 2 heterocycles. The number of para-hydroxylation sites is 1. The summed E-state index contributed by atoms with van der Waals surface area (Å²) in [6, 6.07) is 11.2. The summed E-state index contributed by atoms with van der Waals surface area (Å²) in [5.74, 6) is 1.30. The van der Waals surface area contributed by atoms with E-state index in [-0.39, 0.29) is 12.5 Å². The van der Waals surface area contributed by atoms with E-state index >= 15 is 0 Å². The first-order valence-electron chi connectivity index (χ1n) is 7.01. The van der Waals surface area contributed by atoms with Crippen LogP contribution in [0.25, 0.3) is 11.5 Å². The van der Waals surface area contributed by atoms with Crippen molar-refractivity contribution in [3.63, 3.8) is 0 Å². The third kappa shape index (κ3) is 3.75. The molecule has 3 aromatic rings. The highest BCUT2D eigenvalue weighted by molar-refractivity contribution is 7.10. The lowest BCUT2D eigenvalue weighted by atomic mass is 10.2. The molecule has 1 amide bonds. The number of amides is 1. The maximum atomic E-state index is 11.8. The average molecular weight is 329 g/mol. The van der Waals surface area contributed by atoms with Crippen molar-refractivity contribution in [2.24, 2.45) is 0 Å². The van der Waals surface area contributed by atoms with Gasteiger partial charge in [0.25, 0.3) is 5.89 Å². The number of hydrogen-bond donors (Lipinski definition) is 1. The molecule has 1 N–H and O–H groups in total. The molecule has 0 spiro atoms. The molecule has 0 aliphatic carbocycles. The van der Waals surface area contributed by atoms with Gasteiger partial charge in [-0.2, -0.15) is 0 Å². The first-order valence-corrected chi connectivity index (χ1v) is 7.89. The van der Waals surface area contributed by atoms with E-state index in [4.69, 9.17) is 9.15 Å². The van der Waals surface area contributed by atoms with Crippen molar-refractivity contribution in [2.75, 3.05) is 7.11 Å². The highest BCUT2D eigenvalue weighted by Gasteiger charge is 2.13. The minimum absolute atomic E-state index is 0.0792. The Bertz CT molecular complexity index is 783. The van der Waals surface area contributed by atoms with Crippen LogP contribution in [0.2, 0.25) is 0 Å². The molecule has 2 aromatic heterocycles. The standard InChI is InChI=1S/C16H15N3O3S/c1-21-13-7-3-2-6-12(13)16-19-18-15(22-16)10-17-14(20)9-11-5-4-8-23-11/h2-8H,9-10H2,1H3,(H,17,20). The van der Waals surface area contributed by atoms with Gasteiger partial charge in [0.15, 0.2) is 0 Å². The number of carbonyl (C=O) groups excluding carboxylic acids is 1. The quantitative estimate of drug-likeness (QED) is 0.752. The zero-order valence-corrected chi connectivity index (χ0v) is 13.3. The second-order valence-electron chi connectivity index (χ2n) is 4.73. The van der Waals surface area contributed by atoms with E-state index in [2.05, 4.69) is 15.5 Å². The smallest absolute Gasteiger partial charge is 0.251 e. The van der Waals surface area contributed by atoms with Crippen LogP contribution in [0.5, 0.6) is 5.75 Å². The zero-order chi connectivity index (χ0) is 16.1. The Morgan fingerprint density at radius 2 is 2.13 bits per heavy atom.